The number of carboxylic acid groups (broad SMARTS) is 2. The summed E-state index contributed by atoms with van der Waals surface area (Å²) in [4.78, 5) is 39.5. The average Bonchev–Trinajstić information content (AvgIpc) is 3.59. The van der Waals surface area contributed by atoms with Crippen LogP contribution in [-0.2, 0) is 37.3 Å². The van der Waals surface area contributed by atoms with Crippen LogP contribution in [0.3, 0.4) is 0 Å². The first-order chi connectivity index (χ1) is 20.8. The van der Waals surface area contributed by atoms with Gasteiger partial charge in [-0.25, -0.2) is 9.97 Å². The zero-order valence-electron chi connectivity index (χ0n) is 26.4. The molecule has 0 spiro atoms. The van der Waals surface area contributed by atoms with Crippen LogP contribution in [-0.4, -0.2) is 42.1 Å². The van der Waals surface area contributed by atoms with Crippen molar-refractivity contribution in [1.82, 2.24) is 19.9 Å². The first-order valence-electron chi connectivity index (χ1n) is 14.7. The van der Waals surface area contributed by atoms with Crippen molar-refractivity contribution in [2.24, 2.45) is 0 Å². The van der Waals surface area contributed by atoms with Gasteiger partial charge in [-0.1, -0.05) is 0 Å². The predicted molar refractivity (Wildman–Crippen MR) is 165 cm³/mol. The van der Waals surface area contributed by atoms with E-state index >= 15 is 0 Å². The number of nitrogens with one attached hydrogen (secondary N) is 2. The van der Waals surface area contributed by atoms with Crippen LogP contribution in [0.5, 0.6) is 0 Å². The smallest absolute Gasteiger partial charge is 0.550 e. The van der Waals surface area contributed by atoms with Gasteiger partial charge in [0.15, 0.2) is 0 Å². The van der Waals surface area contributed by atoms with Crippen LogP contribution in [0.4, 0.5) is 0 Å². The summed E-state index contributed by atoms with van der Waals surface area (Å²) >= 11 is 0. The van der Waals surface area contributed by atoms with E-state index in [1.165, 1.54) is 0 Å². The van der Waals surface area contributed by atoms with Crippen LogP contribution < -0.4 is 10.2 Å². The standard InChI is InChI=1S/C34H38N4O6.Hg/c1-15-21(7-9-31(41)42)27-14-28-22(8-10-32(43)44)16(2)24(36-28)12-29-34(20(6)40)18(4)26(38-29)13-30-33(19(5)39)17(3)25(37-30)11-23(15)35-27;/h11-14,19-20,37-40H,7-10H2,1-6H3,(H,41,42)(H,43,44);/q;+2/p-2. The van der Waals surface area contributed by atoms with Gasteiger partial charge in [0, 0.05) is 45.1 Å². The van der Waals surface area contributed by atoms with Gasteiger partial charge in [-0.3, -0.25) is 0 Å². The van der Waals surface area contributed by atoms with Crippen LogP contribution in [0, 0.1) is 13.8 Å². The van der Waals surface area contributed by atoms with E-state index in [9.17, 15) is 30.0 Å². The van der Waals surface area contributed by atoms with Crippen LogP contribution in [0.2, 0.25) is 0 Å². The van der Waals surface area contributed by atoms with Gasteiger partial charge in [-0.2, -0.15) is 0 Å². The van der Waals surface area contributed by atoms with E-state index in [0.29, 0.717) is 39.4 Å². The summed E-state index contributed by atoms with van der Waals surface area (Å²) in [6, 6.07) is 7.41. The Kier molecular flexibility index (Phi) is 10.2. The van der Waals surface area contributed by atoms with Crippen molar-refractivity contribution in [1.29, 1.82) is 0 Å². The topological polar surface area (TPSA) is 178 Å². The minimum Gasteiger partial charge on any atom is -0.550 e. The number of hydrogen-bond donors (Lipinski definition) is 4. The molecule has 45 heavy (non-hydrogen) atoms. The zero-order chi connectivity index (χ0) is 32.0. The van der Waals surface area contributed by atoms with Gasteiger partial charge in [0.05, 0.1) is 35.0 Å². The summed E-state index contributed by atoms with van der Waals surface area (Å²) in [6.45, 7) is 11.0. The van der Waals surface area contributed by atoms with Gasteiger partial charge in [0.25, 0.3) is 0 Å². The van der Waals surface area contributed by atoms with E-state index in [2.05, 4.69) is 9.97 Å². The summed E-state index contributed by atoms with van der Waals surface area (Å²) in [5.41, 5.74) is 11.3. The Hall–Kier alpha value is -3.60. The Labute approximate surface area is 281 Å². The summed E-state index contributed by atoms with van der Waals surface area (Å²) in [7, 11) is 0. The van der Waals surface area contributed by atoms with E-state index in [0.717, 1.165) is 50.0 Å². The van der Waals surface area contributed by atoms with Gasteiger partial charge in [0.1, 0.15) is 0 Å². The van der Waals surface area contributed by atoms with E-state index in [1.54, 1.807) is 19.9 Å². The summed E-state index contributed by atoms with van der Waals surface area (Å²) in [6.07, 6.45) is -1.59. The quantitative estimate of drug-likeness (QED) is 0.248. The maximum absolute atomic E-state index is 11.4. The van der Waals surface area contributed by atoms with Gasteiger partial charge in [-0.05, 0) is 125 Å². The molecule has 11 heteroatoms. The third-order valence-corrected chi connectivity index (χ3v) is 8.63. The van der Waals surface area contributed by atoms with Crippen molar-refractivity contribution in [2.45, 2.75) is 79.4 Å². The van der Waals surface area contributed by atoms with Crippen molar-refractivity contribution in [3.8, 4) is 0 Å². The molecule has 3 aromatic rings. The molecule has 5 rings (SSSR count). The monoisotopic (exact) mass is 798 g/mol. The van der Waals surface area contributed by atoms with Crippen LogP contribution in [0.15, 0.2) is 24.3 Å². The third kappa shape index (κ3) is 6.68. The molecule has 2 aliphatic heterocycles. The number of H-pyrrole nitrogens is 2. The molecule has 2 unspecified atom stereocenters. The number of aliphatic hydroxyl groups excluding tert-OH is 2. The molecule has 0 aromatic carbocycles. The molecule has 2 atom stereocenters. The van der Waals surface area contributed by atoms with E-state index in [1.807, 2.05) is 45.9 Å². The SMILES string of the molecule is CC1=C(CCC(=O)[O-])c2cc3nc(cc4[nH]c(cc5[nH]c(cc1n2)c(C)c5C(C)O)c(C)c4C(C)O)C(C)=C3CCC(=O)[O-].[Hg+2]. The second kappa shape index (κ2) is 13.4. The molecule has 0 fully saturated rings. The number of fused-ring (bicyclic) bond motifs is 8. The number of carboxylic acids is 2. The summed E-state index contributed by atoms with van der Waals surface area (Å²) < 4.78 is 0. The normalized spacial score (nSPS) is 14.4. The van der Waals surface area contributed by atoms with Crippen molar-refractivity contribution in [3.63, 3.8) is 0 Å². The van der Waals surface area contributed by atoms with Crippen molar-refractivity contribution < 1.29 is 57.7 Å². The van der Waals surface area contributed by atoms with Gasteiger partial charge in [-0.15, -0.1) is 0 Å². The molecule has 5 heterocycles. The molecule has 0 radical (unpaired) electrons. The predicted octanol–water partition coefficient (Wildman–Crippen LogP) is 3.96. The first kappa shape index (κ1) is 34.3. The number of aliphatic carboxylic acids is 2. The van der Waals surface area contributed by atoms with Crippen LogP contribution in [0.25, 0.3) is 44.4 Å². The van der Waals surface area contributed by atoms with Crippen LogP contribution in [0.1, 0.15) is 111 Å². The number of allylic oxidation sites excluding steroid dienone is 4. The van der Waals surface area contributed by atoms with E-state index < -0.39 is 24.1 Å². The fourth-order valence-electron chi connectivity index (χ4n) is 6.31. The minimum atomic E-state index is -1.18. The Morgan fingerprint density at radius 2 is 1.04 bits per heavy atom. The maximum atomic E-state index is 11.4. The van der Waals surface area contributed by atoms with E-state index in [4.69, 9.17) is 9.97 Å². The molecule has 8 bridgehead atoms. The van der Waals surface area contributed by atoms with Gasteiger partial charge >= 0.3 is 27.7 Å². The molecule has 230 valence electrons. The van der Waals surface area contributed by atoms with Crippen molar-refractivity contribution in [2.75, 3.05) is 0 Å². The molecule has 2 aliphatic rings. The van der Waals surface area contributed by atoms with Gasteiger partial charge < -0.3 is 40.0 Å². The number of nitrogens with zero attached hydrogens (tertiary/aromatic N) is 2. The molecule has 10 nitrogen and oxygen atoms in total. The molecular weight excluding hydrogens is 761 g/mol. The number of carbonyl (C=O) groups is 2. The van der Waals surface area contributed by atoms with E-state index in [-0.39, 0.29) is 53.4 Å². The zero-order valence-corrected chi connectivity index (χ0v) is 31.9. The minimum absolute atomic E-state index is 0. The largest absolute Gasteiger partial charge is 2.00 e. The fourth-order valence-corrected chi connectivity index (χ4v) is 6.31. The molecule has 0 amide bonds. The molecule has 3 aromatic heterocycles. The number of aryl methyl sites for hydroxylation is 2. The number of aromatic nitrogens is 4. The Bertz CT molecular complexity index is 1930. The molecule has 0 saturated carbocycles. The average molecular weight is 797 g/mol. The number of aliphatic hydroxyl groups is 2. The summed E-state index contributed by atoms with van der Waals surface area (Å²) in [5, 5.41) is 44.4. The summed E-state index contributed by atoms with van der Waals surface area (Å²) in [5.74, 6) is -2.35. The Morgan fingerprint density at radius 3 is 1.44 bits per heavy atom. The number of carbonyl (C=O) groups excluding carboxylic acids is 2. The van der Waals surface area contributed by atoms with Gasteiger partial charge in [0.2, 0.25) is 0 Å². The first-order valence-corrected chi connectivity index (χ1v) is 14.7. The molecule has 4 N–H and O–H groups in total. The van der Waals surface area contributed by atoms with Crippen molar-refractivity contribution in [3.05, 3.63) is 69.3 Å². The third-order valence-electron chi connectivity index (χ3n) is 8.63. The van der Waals surface area contributed by atoms with Crippen LogP contribution >= 0.6 is 0 Å². The Morgan fingerprint density at radius 1 is 0.667 bits per heavy atom. The molecular formula is C34H36HgN4O6. The maximum Gasteiger partial charge on any atom is 2.00 e. The molecule has 0 saturated heterocycles. The number of hydrogen-bond acceptors (Lipinski definition) is 8. The number of aromatic amines is 2. The fraction of sp³-hybridized carbons (Fsp3) is 0.353. The van der Waals surface area contributed by atoms with Crippen molar-refractivity contribution >= 4 is 56.3 Å². The molecule has 0 aliphatic carbocycles. The second-order valence-electron chi connectivity index (χ2n) is 11.6. The Balaban J connectivity index is 0.00000461. The number of rotatable bonds is 8. The second-order valence-corrected chi connectivity index (χ2v) is 11.6.